The van der Waals surface area contributed by atoms with E-state index in [0.29, 0.717) is 28.6 Å². The molecule has 0 radical (unpaired) electrons. The van der Waals surface area contributed by atoms with Gasteiger partial charge in [0.2, 0.25) is 0 Å². The van der Waals surface area contributed by atoms with E-state index in [0.717, 1.165) is 0 Å². The highest BCUT2D eigenvalue weighted by molar-refractivity contribution is 9.10. The molecule has 3 N–H and O–H groups in total. The number of rotatable bonds is 4. The Bertz CT molecular complexity index is 494. The molecule has 20 heavy (non-hydrogen) atoms. The molecule has 3 atom stereocenters. The Morgan fingerprint density at radius 3 is 2.85 bits per heavy atom. The van der Waals surface area contributed by atoms with Crippen LogP contribution in [-0.2, 0) is 0 Å². The lowest BCUT2D eigenvalue weighted by Gasteiger charge is -2.14. The van der Waals surface area contributed by atoms with E-state index in [-0.39, 0.29) is 24.5 Å². The van der Waals surface area contributed by atoms with Gasteiger partial charge in [0.15, 0.2) is 0 Å². The van der Waals surface area contributed by atoms with Crippen molar-refractivity contribution in [3.8, 4) is 5.75 Å². The largest absolute Gasteiger partial charge is 0.497 e. The maximum atomic E-state index is 12.3. The fourth-order valence-corrected chi connectivity index (χ4v) is 2.91. The van der Waals surface area contributed by atoms with Crippen molar-refractivity contribution in [1.29, 1.82) is 0 Å². The van der Waals surface area contributed by atoms with Crippen LogP contribution in [-0.4, -0.2) is 42.0 Å². The predicted octanol–water partition coefficient (Wildman–Crippen LogP) is 1.32. The minimum absolute atomic E-state index is 0.0591. The van der Waals surface area contributed by atoms with E-state index in [4.69, 9.17) is 9.84 Å². The van der Waals surface area contributed by atoms with Gasteiger partial charge in [-0.2, -0.15) is 0 Å². The first-order chi connectivity index (χ1) is 9.55. The van der Waals surface area contributed by atoms with Gasteiger partial charge in [0.25, 0.3) is 5.91 Å². The van der Waals surface area contributed by atoms with Crippen molar-refractivity contribution in [3.63, 3.8) is 0 Å². The van der Waals surface area contributed by atoms with Crippen molar-refractivity contribution < 1.29 is 19.7 Å². The lowest BCUT2D eigenvalue weighted by Crippen LogP contribution is -2.33. The van der Waals surface area contributed by atoms with Gasteiger partial charge in [-0.1, -0.05) is 0 Å². The second-order valence-corrected chi connectivity index (χ2v) is 5.85. The first-order valence-corrected chi connectivity index (χ1v) is 7.27. The molecule has 1 aromatic rings. The number of methoxy groups -OCH3 is 1. The van der Waals surface area contributed by atoms with Crippen LogP contribution in [0.25, 0.3) is 0 Å². The number of carbonyl (C=O) groups is 1. The Morgan fingerprint density at radius 2 is 2.25 bits per heavy atom. The topological polar surface area (TPSA) is 78.8 Å². The molecule has 2 rings (SSSR count). The molecule has 1 aromatic carbocycles. The molecule has 0 saturated heterocycles. The zero-order valence-corrected chi connectivity index (χ0v) is 12.8. The third-order valence-corrected chi connectivity index (χ3v) is 4.34. The van der Waals surface area contributed by atoms with Crippen molar-refractivity contribution in [1.82, 2.24) is 5.32 Å². The van der Waals surface area contributed by atoms with Crippen LogP contribution in [0.4, 0.5) is 0 Å². The van der Waals surface area contributed by atoms with E-state index in [1.165, 1.54) is 0 Å². The predicted molar refractivity (Wildman–Crippen MR) is 77.8 cm³/mol. The Hall–Kier alpha value is -1.11. The van der Waals surface area contributed by atoms with Crippen molar-refractivity contribution in [2.24, 2.45) is 5.92 Å². The number of amides is 1. The number of hydrogen-bond acceptors (Lipinski definition) is 4. The van der Waals surface area contributed by atoms with E-state index in [1.807, 2.05) is 0 Å². The molecule has 0 spiro atoms. The van der Waals surface area contributed by atoms with Gasteiger partial charge in [-0.05, 0) is 47.0 Å². The maximum absolute atomic E-state index is 12.3. The fraction of sp³-hybridized carbons (Fsp3) is 0.500. The molecule has 0 aliphatic heterocycles. The van der Waals surface area contributed by atoms with Crippen molar-refractivity contribution in [2.45, 2.75) is 25.0 Å². The van der Waals surface area contributed by atoms with E-state index in [1.54, 1.807) is 25.3 Å². The molecule has 1 aliphatic rings. The normalized spacial score (nSPS) is 25.5. The molecule has 0 bridgehead atoms. The third kappa shape index (κ3) is 3.31. The van der Waals surface area contributed by atoms with E-state index >= 15 is 0 Å². The van der Waals surface area contributed by atoms with Gasteiger partial charge < -0.3 is 20.3 Å². The second kappa shape index (κ2) is 6.56. The minimum Gasteiger partial charge on any atom is -0.497 e. The Morgan fingerprint density at radius 1 is 1.50 bits per heavy atom. The van der Waals surface area contributed by atoms with Crippen LogP contribution < -0.4 is 10.1 Å². The fourth-order valence-electron chi connectivity index (χ4n) is 2.49. The number of aliphatic hydroxyl groups is 2. The Kier molecular flexibility index (Phi) is 5.01. The van der Waals surface area contributed by atoms with Crippen LogP contribution in [0.2, 0.25) is 0 Å². The van der Waals surface area contributed by atoms with Crippen LogP contribution in [0, 0.1) is 5.92 Å². The summed E-state index contributed by atoms with van der Waals surface area (Å²) in [6, 6.07) is 5.07. The van der Waals surface area contributed by atoms with Gasteiger partial charge in [0, 0.05) is 23.0 Å². The van der Waals surface area contributed by atoms with Crippen LogP contribution in [0.1, 0.15) is 23.2 Å². The molecule has 1 amide bonds. The van der Waals surface area contributed by atoms with E-state index in [9.17, 15) is 9.90 Å². The number of benzene rings is 1. The highest BCUT2D eigenvalue weighted by atomic mass is 79.9. The third-order valence-electron chi connectivity index (χ3n) is 3.65. The van der Waals surface area contributed by atoms with Crippen molar-refractivity contribution in [3.05, 3.63) is 28.2 Å². The molecule has 0 aromatic heterocycles. The molecule has 1 fully saturated rings. The summed E-state index contributed by atoms with van der Waals surface area (Å²) in [5.41, 5.74) is 0.492. The molecule has 1 saturated carbocycles. The minimum atomic E-state index is -0.556. The van der Waals surface area contributed by atoms with Crippen molar-refractivity contribution in [2.75, 3.05) is 13.7 Å². The number of carbonyl (C=O) groups excluding carboxylic acids is 1. The molecule has 1 aliphatic carbocycles. The van der Waals surface area contributed by atoms with Crippen LogP contribution in [0.3, 0.4) is 0 Å². The van der Waals surface area contributed by atoms with Gasteiger partial charge in [0.1, 0.15) is 5.75 Å². The Balaban J connectivity index is 2.06. The van der Waals surface area contributed by atoms with E-state index in [2.05, 4.69) is 21.2 Å². The number of aliphatic hydroxyl groups excluding tert-OH is 2. The number of halogens is 1. The summed E-state index contributed by atoms with van der Waals surface area (Å²) in [6.45, 7) is -0.0591. The maximum Gasteiger partial charge on any atom is 0.252 e. The highest BCUT2D eigenvalue weighted by Crippen LogP contribution is 2.27. The van der Waals surface area contributed by atoms with Crippen LogP contribution >= 0.6 is 15.9 Å². The molecule has 110 valence electrons. The highest BCUT2D eigenvalue weighted by Gasteiger charge is 2.33. The second-order valence-electron chi connectivity index (χ2n) is 5.00. The number of hydrogen-bond donors (Lipinski definition) is 3. The standard InChI is InChI=1S/C14H18BrNO4/c1-20-10-2-3-12(15)11(6-10)14(19)16-9-4-8(7-17)13(18)5-9/h2-3,6,8-9,13,17-18H,4-5,7H2,1H3,(H,16,19)/t8-,9+,13-/m1/s1. The zero-order chi connectivity index (χ0) is 14.7. The smallest absolute Gasteiger partial charge is 0.252 e. The first kappa shape index (κ1) is 15.3. The van der Waals surface area contributed by atoms with Crippen molar-refractivity contribution >= 4 is 21.8 Å². The molecule has 0 unspecified atom stereocenters. The average molecular weight is 344 g/mol. The average Bonchev–Trinajstić information content (AvgIpc) is 2.79. The van der Waals surface area contributed by atoms with Gasteiger partial charge in [-0.3, -0.25) is 4.79 Å². The Labute approximate surface area is 126 Å². The monoisotopic (exact) mass is 343 g/mol. The SMILES string of the molecule is COc1ccc(Br)c(C(=O)N[C@H]2C[C@H](CO)[C@H](O)C2)c1. The van der Waals surface area contributed by atoms with E-state index < -0.39 is 6.10 Å². The number of ether oxygens (including phenoxy) is 1. The van der Waals surface area contributed by atoms with Gasteiger partial charge >= 0.3 is 0 Å². The first-order valence-electron chi connectivity index (χ1n) is 6.48. The van der Waals surface area contributed by atoms with Crippen LogP contribution in [0.15, 0.2) is 22.7 Å². The zero-order valence-electron chi connectivity index (χ0n) is 11.2. The summed E-state index contributed by atoms with van der Waals surface area (Å²) in [5, 5.41) is 21.7. The van der Waals surface area contributed by atoms with Gasteiger partial charge in [-0.25, -0.2) is 0 Å². The lowest BCUT2D eigenvalue weighted by atomic mass is 10.1. The summed E-state index contributed by atoms with van der Waals surface area (Å²) in [7, 11) is 1.55. The summed E-state index contributed by atoms with van der Waals surface area (Å²) < 4.78 is 5.80. The number of nitrogens with one attached hydrogen (secondary N) is 1. The van der Waals surface area contributed by atoms with Gasteiger partial charge in [-0.15, -0.1) is 0 Å². The van der Waals surface area contributed by atoms with Crippen LogP contribution in [0.5, 0.6) is 5.75 Å². The molecule has 5 nitrogen and oxygen atoms in total. The molecule has 6 heteroatoms. The molecular formula is C14H18BrNO4. The lowest BCUT2D eigenvalue weighted by molar-refractivity contribution is 0.0903. The summed E-state index contributed by atoms with van der Waals surface area (Å²) in [5.74, 6) is 0.235. The molecule has 0 heterocycles. The summed E-state index contributed by atoms with van der Waals surface area (Å²) in [4.78, 5) is 12.3. The quantitative estimate of drug-likeness (QED) is 0.770. The summed E-state index contributed by atoms with van der Waals surface area (Å²) in [6.07, 6.45) is 0.503. The molecular weight excluding hydrogens is 326 g/mol. The van der Waals surface area contributed by atoms with Gasteiger partial charge in [0.05, 0.1) is 18.8 Å². The summed E-state index contributed by atoms with van der Waals surface area (Å²) >= 11 is 3.34.